The van der Waals surface area contributed by atoms with Crippen LogP contribution >= 0.6 is 0 Å². The average molecular weight is 168 g/mol. The third-order valence-electron chi connectivity index (χ3n) is 0.562. The fraction of sp³-hybridized carbons (Fsp3) is 0.556. The zero-order valence-corrected chi connectivity index (χ0v) is 8.38. The molecule has 12 heavy (non-hydrogen) atoms. The molecule has 0 aromatic heterocycles. The number of rotatable bonds is 1. The molecule has 0 saturated heterocycles. The Labute approximate surface area is 74.5 Å². The fourth-order valence-electron chi connectivity index (χ4n) is 0.312. The van der Waals surface area contributed by atoms with Gasteiger partial charge < -0.3 is 4.84 Å². The van der Waals surface area contributed by atoms with E-state index in [9.17, 15) is 0 Å². The van der Waals surface area contributed by atoms with E-state index in [1.165, 1.54) is 7.11 Å². The maximum atomic E-state index is 4.79. The van der Waals surface area contributed by atoms with Crippen molar-refractivity contribution in [3.63, 3.8) is 0 Å². The summed E-state index contributed by atoms with van der Waals surface area (Å²) in [5.41, 5.74) is 1.87. The Morgan fingerprint density at radius 1 is 1.17 bits per heavy atom. The first-order valence-electron chi connectivity index (χ1n) is 3.55. The lowest BCUT2D eigenvalue weighted by Gasteiger charge is -1.83. The van der Waals surface area contributed by atoms with Crippen LogP contribution < -0.4 is 0 Å². The van der Waals surface area contributed by atoms with Gasteiger partial charge in [-0.05, 0) is 27.7 Å². The molecular formula is C9H16N2O. The van der Waals surface area contributed by atoms with Gasteiger partial charge in [0.15, 0.2) is 0 Å². The van der Waals surface area contributed by atoms with Crippen LogP contribution in [-0.2, 0) is 4.84 Å². The van der Waals surface area contributed by atoms with Crippen LogP contribution in [0.5, 0.6) is 0 Å². The Morgan fingerprint density at radius 3 is 1.67 bits per heavy atom. The molecule has 0 amide bonds. The van der Waals surface area contributed by atoms with Gasteiger partial charge in [-0.1, -0.05) is 11.6 Å². The third-order valence-corrected chi connectivity index (χ3v) is 0.562. The van der Waals surface area contributed by atoms with Crippen LogP contribution in [0.3, 0.4) is 0 Å². The van der Waals surface area contributed by atoms with E-state index in [2.05, 4.69) is 21.0 Å². The summed E-state index contributed by atoms with van der Waals surface area (Å²) in [7, 11) is 1.53. The molecule has 0 bridgehead atoms. The van der Waals surface area contributed by atoms with Crippen molar-refractivity contribution in [1.29, 1.82) is 0 Å². The fourth-order valence-corrected chi connectivity index (χ4v) is 0.312. The largest absolute Gasteiger partial charge is 0.399 e. The quantitative estimate of drug-likeness (QED) is 0.335. The van der Waals surface area contributed by atoms with Crippen LogP contribution in [0.25, 0.3) is 0 Å². The first-order chi connectivity index (χ1) is 5.54. The second kappa shape index (κ2) is 9.70. The van der Waals surface area contributed by atoms with Crippen LogP contribution in [0.2, 0.25) is 0 Å². The van der Waals surface area contributed by atoms with Crippen molar-refractivity contribution in [1.82, 2.24) is 0 Å². The zero-order valence-electron chi connectivity index (χ0n) is 8.38. The topological polar surface area (TPSA) is 34.0 Å². The van der Waals surface area contributed by atoms with Gasteiger partial charge in [0.25, 0.3) is 0 Å². The van der Waals surface area contributed by atoms with E-state index in [1.807, 2.05) is 27.7 Å². The Morgan fingerprint density at radius 2 is 1.67 bits per heavy atom. The van der Waals surface area contributed by atoms with Gasteiger partial charge in [0.2, 0.25) is 0 Å². The van der Waals surface area contributed by atoms with Crippen LogP contribution in [-0.4, -0.2) is 18.5 Å². The minimum Gasteiger partial charge on any atom is -0.399 e. The van der Waals surface area contributed by atoms with Gasteiger partial charge in [-0.15, -0.1) is 0 Å². The Balaban J connectivity index is 0. The molecule has 0 heterocycles. The van der Waals surface area contributed by atoms with Crippen molar-refractivity contribution in [2.45, 2.75) is 27.7 Å². The molecule has 68 valence electrons. The summed E-state index contributed by atoms with van der Waals surface area (Å²) in [5.74, 6) is 0. The highest BCUT2D eigenvalue weighted by molar-refractivity contribution is 5.80. The molecule has 0 saturated carbocycles. The molecule has 3 nitrogen and oxygen atoms in total. The summed E-state index contributed by atoms with van der Waals surface area (Å²) in [6.07, 6.45) is 4.79. The van der Waals surface area contributed by atoms with Crippen LogP contribution in [0.4, 0.5) is 0 Å². The molecule has 0 aliphatic heterocycles. The Bertz CT molecular complexity index is 191. The van der Waals surface area contributed by atoms with E-state index in [-0.39, 0.29) is 0 Å². The summed E-state index contributed by atoms with van der Waals surface area (Å²) in [6.45, 7) is 7.48. The van der Waals surface area contributed by atoms with Crippen molar-refractivity contribution >= 4 is 11.4 Å². The van der Waals surface area contributed by atoms with E-state index < -0.39 is 0 Å². The van der Waals surface area contributed by atoms with E-state index in [0.29, 0.717) is 0 Å². The van der Waals surface area contributed by atoms with Gasteiger partial charge >= 0.3 is 0 Å². The maximum absolute atomic E-state index is 4.79. The number of nitrogens with zero attached hydrogens (tertiary/aromatic N) is 2. The minimum atomic E-state index is 0.928. The average Bonchev–Trinajstić information content (AvgIpc) is 1.87. The molecule has 0 unspecified atom stereocenters. The van der Waals surface area contributed by atoms with Crippen molar-refractivity contribution in [2.75, 3.05) is 7.11 Å². The molecule has 0 fully saturated rings. The first-order valence-corrected chi connectivity index (χ1v) is 3.55. The summed E-state index contributed by atoms with van der Waals surface area (Å²) >= 11 is 0. The molecule has 0 spiro atoms. The van der Waals surface area contributed by atoms with E-state index in [4.69, 9.17) is 6.42 Å². The number of hydrogen-bond acceptors (Lipinski definition) is 3. The van der Waals surface area contributed by atoms with Crippen molar-refractivity contribution in [3.05, 3.63) is 0 Å². The number of oxime groups is 1. The Hall–Kier alpha value is -1.30. The Kier molecular flexibility index (Phi) is 10.8. The molecule has 0 aliphatic carbocycles. The SMILES string of the molecule is C#CN=C(C)C.CON=C(C)C. The van der Waals surface area contributed by atoms with Crippen LogP contribution in [0.1, 0.15) is 27.7 Å². The first kappa shape index (κ1) is 13.3. The van der Waals surface area contributed by atoms with Gasteiger partial charge in [-0.25, -0.2) is 4.99 Å². The normalized spacial score (nSPS) is 6.67. The standard InChI is InChI=1S/C5H7N.C4H9NO/c1-4-6-5(2)3;1-4(2)5-6-3/h1H,2-3H3;1-3H3. The van der Waals surface area contributed by atoms with Crippen molar-refractivity contribution in [3.8, 4) is 12.5 Å². The number of terminal acetylenes is 1. The van der Waals surface area contributed by atoms with Crippen molar-refractivity contribution in [2.24, 2.45) is 10.1 Å². The van der Waals surface area contributed by atoms with E-state index in [1.54, 1.807) is 0 Å². The lowest BCUT2D eigenvalue weighted by Crippen LogP contribution is -1.79. The molecular weight excluding hydrogens is 152 g/mol. The third kappa shape index (κ3) is 23.4. The molecule has 0 aromatic rings. The number of aliphatic imine (C=N–C) groups is 1. The second-order valence-electron chi connectivity index (χ2n) is 2.41. The van der Waals surface area contributed by atoms with Gasteiger partial charge in [0.05, 0.1) is 5.71 Å². The van der Waals surface area contributed by atoms with Crippen LogP contribution in [0, 0.1) is 12.5 Å². The predicted molar refractivity (Wildman–Crippen MR) is 53.4 cm³/mol. The van der Waals surface area contributed by atoms with Gasteiger partial charge in [0.1, 0.15) is 7.11 Å². The maximum Gasteiger partial charge on any atom is 0.106 e. The zero-order chi connectivity index (χ0) is 9.98. The minimum absolute atomic E-state index is 0.928. The lowest BCUT2D eigenvalue weighted by atomic mass is 10.5. The summed E-state index contributed by atoms with van der Waals surface area (Å²) in [4.78, 5) is 7.96. The van der Waals surface area contributed by atoms with Gasteiger partial charge in [-0.2, -0.15) is 0 Å². The highest BCUT2D eigenvalue weighted by atomic mass is 16.6. The van der Waals surface area contributed by atoms with E-state index in [0.717, 1.165) is 11.4 Å². The lowest BCUT2D eigenvalue weighted by molar-refractivity contribution is 0.213. The van der Waals surface area contributed by atoms with Gasteiger partial charge in [-0.3, -0.25) is 0 Å². The monoisotopic (exact) mass is 168 g/mol. The molecule has 0 N–H and O–H groups in total. The summed E-state index contributed by atoms with van der Waals surface area (Å²) in [6, 6.07) is 2.16. The van der Waals surface area contributed by atoms with Crippen LogP contribution in [0.15, 0.2) is 10.1 Å². The second-order valence-corrected chi connectivity index (χ2v) is 2.41. The molecule has 0 radical (unpaired) electrons. The highest BCUT2D eigenvalue weighted by Crippen LogP contribution is 1.71. The molecule has 0 aromatic carbocycles. The molecule has 3 heteroatoms. The molecule has 0 aliphatic rings. The van der Waals surface area contributed by atoms with Gasteiger partial charge in [0, 0.05) is 11.8 Å². The van der Waals surface area contributed by atoms with E-state index >= 15 is 0 Å². The number of hydrogen-bond donors (Lipinski definition) is 0. The highest BCUT2D eigenvalue weighted by Gasteiger charge is 1.69. The summed E-state index contributed by atoms with van der Waals surface area (Å²) in [5, 5.41) is 3.54. The van der Waals surface area contributed by atoms with Crippen molar-refractivity contribution < 1.29 is 4.84 Å². The molecule has 0 atom stereocenters. The smallest absolute Gasteiger partial charge is 0.106 e. The predicted octanol–water partition coefficient (Wildman–Crippen LogP) is 2.09. The summed E-state index contributed by atoms with van der Waals surface area (Å²) < 4.78 is 0. The molecule has 0 rings (SSSR count).